The Labute approximate surface area is 146 Å². The number of rotatable bonds is 4. The number of halogens is 2. The number of nitrogens with zero attached hydrogens (tertiary/aromatic N) is 2. The number of nitriles is 1. The molecule has 0 unspecified atom stereocenters. The number of amidine groups is 1. The monoisotopic (exact) mass is 425 g/mol. The van der Waals surface area contributed by atoms with E-state index in [1.165, 1.54) is 37.7 Å². The molecule has 0 radical (unpaired) electrons. The number of nitrogens with two attached hydrogens (primary N) is 1. The van der Waals surface area contributed by atoms with E-state index in [0.717, 1.165) is 8.95 Å². The van der Waals surface area contributed by atoms with Gasteiger partial charge in [-0.1, -0.05) is 19.3 Å². The Morgan fingerprint density at radius 1 is 1.27 bits per heavy atom. The fraction of sp³-hybridized carbons (Fsp3) is 0.400. The lowest BCUT2D eigenvalue weighted by Crippen LogP contribution is -2.22. The summed E-state index contributed by atoms with van der Waals surface area (Å²) in [6.45, 7) is 0. The van der Waals surface area contributed by atoms with Crippen molar-refractivity contribution in [2.45, 2.75) is 38.0 Å². The van der Waals surface area contributed by atoms with Crippen molar-refractivity contribution in [2.75, 3.05) is 5.43 Å². The smallest absolute Gasteiger partial charge is 0.201 e. The molecule has 0 aliphatic heterocycles. The van der Waals surface area contributed by atoms with Crippen LogP contribution in [0.3, 0.4) is 0 Å². The van der Waals surface area contributed by atoms with Crippen LogP contribution in [0.1, 0.15) is 43.6 Å². The second-order valence-corrected chi connectivity index (χ2v) is 7.00. The lowest BCUT2D eigenvalue weighted by Gasteiger charge is -2.23. The van der Waals surface area contributed by atoms with Gasteiger partial charge in [0, 0.05) is 8.95 Å². The number of hydrogen-bond acceptors (Lipinski definition) is 4. The summed E-state index contributed by atoms with van der Waals surface area (Å²) in [6, 6.07) is 5.97. The van der Waals surface area contributed by atoms with Gasteiger partial charge in [-0.2, -0.15) is 10.4 Å². The van der Waals surface area contributed by atoms with Crippen LogP contribution in [-0.4, -0.2) is 11.5 Å². The molecule has 4 N–H and O–H groups in total. The molecule has 1 fully saturated rings. The SMILES string of the molecule is N#C/C(=N\Nc1c(Br)cc(C2CCCCC2)cc1Br)C(=N)N. The van der Waals surface area contributed by atoms with E-state index in [0.29, 0.717) is 11.6 Å². The van der Waals surface area contributed by atoms with Gasteiger partial charge in [0.15, 0.2) is 5.84 Å². The maximum Gasteiger partial charge on any atom is 0.201 e. The number of hydrazone groups is 1. The van der Waals surface area contributed by atoms with Crippen molar-refractivity contribution in [1.29, 1.82) is 10.7 Å². The highest BCUT2D eigenvalue weighted by Crippen LogP contribution is 2.39. The van der Waals surface area contributed by atoms with E-state index in [9.17, 15) is 0 Å². The van der Waals surface area contributed by atoms with Crippen molar-refractivity contribution in [1.82, 2.24) is 0 Å². The topological polar surface area (TPSA) is 98.0 Å². The molecule has 0 spiro atoms. The normalized spacial score (nSPS) is 16.1. The van der Waals surface area contributed by atoms with Crippen LogP contribution in [0.25, 0.3) is 0 Å². The van der Waals surface area contributed by atoms with E-state index >= 15 is 0 Å². The molecule has 2 rings (SSSR count). The van der Waals surface area contributed by atoms with Gasteiger partial charge in [0.25, 0.3) is 0 Å². The highest BCUT2D eigenvalue weighted by atomic mass is 79.9. The van der Waals surface area contributed by atoms with Crippen LogP contribution in [0.2, 0.25) is 0 Å². The summed E-state index contributed by atoms with van der Waals surface area (Å²) in [5.74, 6) is 0.242. The summed E-state index contributed by atoms with van der Waals surface area (Å²) >= 11 is 7.09. The lowest BCUT2D eigenvalue weighted by molar-refractivity contribution is 0.443. The van der Waals surface area contributed by atoms with Crippen LogP contribution in [0.15, 0.2) is 26.2 Å². The van der Waals surface area contributed by atoms with Gasteiger partial charge in [-0.25, -0.2) is 0 Å². The van der Waals surface area contributed by atoms with Gasteiger partial charge >= 0.3 is 0 Å². The molecule has 0 saturated heterocycles. The molecule has 7 heteroatoms. The predicted molar refractivity (Wildman–Crippen MR) is 96.3 cm³/mol. The van der Waals surface area contributed by atoms with E-state index in [1.807, 2.05) is 0 Å². The van der Waals surface area contributed by atoms with Crippen LogP contribution in [0, 0.1) is 16.7 Å². The third kappa shape index (κ3) is 4.08. The zero-order valence-corrected chi connectivity index (χ0v) is 15.2. The van der Waals surface area contributed by atoms with Crippen LogP contribution in [-0.2, 0) is 0 Å². The summed E-state index contributed by atoms with van der Waals surface area (Å²) in [5.41, 5.74) is 9.95. The van der Waals surface area contributed by atoms with Crippen LogP contribution in [0.4, 0.5) is 5.69 Å². The average Bonchev–Trinajstić information content (AvgIpc) is 2.50. The van der Waals surface area contributed by atoms with Crippen molar-refractivity contribution >= 4 is 49.1 Å². The van der Waals surface area contributed by atoms with Gasteiger partial charge in [0.1, 0.15) is 6.07 Å². The van der Waals surface area contributed by atoms with Gasteiger partial charge in [0.2, 0.25) is 5.71 Å². The largest absolute Gasteiger partial charge is 0.382 e. The number of benzene rings is 1. The van der Waals surface area contributed by atoms with E-state index in [4.69, 9.17) is 16.4 Å². The summed E-state index contributed by atoms with van der Waals surface area (Å²) in [5, 5.41) is 20.0. The molecular weight excluding hydrogens is 410 g/mol. The fourth-order valence-corrected chi connectivity index (χ4v) is 4.03. The Hall–Kier alpha value is -1.39. The van der Waals surface area contributed by atoms with Crippen LogP contribution >= 0.6 is 31.9 Å². The third-order valence-corrected chi connectivity index (χ3v) is 5.03. The minimum absolute atomic E-state index is 0.143. The molecule has 0 bridgehead atoms. The minimum Gasteiger partial charge on any atom is -0.382 e. The first-order valence-electron chi connectivity index (χ1n) is 7.10. The van der Waals surface area contributed by atoms with E-state index in [-0.39, 0.29) is 11.5 Å². The number of hydrogen-bond donors (Lipinski definition) is 3. The van der Waals surface area contributed by atoms with Gasteiger partial charge < -0.3 is 5.73 Å². The van der Waals surface area contributed by atoms with Crippen LogP contribution in [0.5, 0.6) is 0 Å². The average molecular weight is 427 g/mol. The quantitative estimate of drug-likeness (QED) is 0.375. The second-order valence-electron chi connectivity index (χ2n) is 5.29. The lowest BCUT2D eigenvalue weighted by atomic mass is 9.84. The minimum atomic E-state index is -0.360. The molecule has 5 nitrogen and oxygen atoms in total. The van der Waals surface area contributed by atoms with Gasteiger partial charge in [-0.05, 0) is 68.3 Å². The molecular formula is C15H17Br2N5. The van der Waals surface area contributed by atoms with Crippen LogP contribution < -0.4 is 11.2 Å². The third-order valence-electron chi connectivity index (χ3n) is 3.78. The van der Waals surface area contributed by atoms with Crippen molar-refractivity contribution in [3.05, 3.63) is 26.6 Å². The molecule has 1 aromatic carbocycles. The number of nitrogens with one attached hydrogen (secondary N) is 2. The molecule has 22 heavy (non-hydrogen) atoms. The molecule has 1 aromatic rings. The van der Waals surface area contributed by atoms with Crippen molar-refractivity contribution in [3.63, 3.8) is 0 Å². The van der Waals surface area contributed by atoms with E-state index < -0.39 is 0 Å². The first kappa shape index (κ1) is 17.0. The molecule has 1 aliphatic carbocycles. The Kier molecular flexibility index (Phi) is 5.98. The van der Waals surface area contributed by atoms with Crippen molar-refractivity contribution in [3.8, 4) is 6.07 Å². The van der Waals surface area contributed by atoms with E-state index in [2.05, 4.69) is 54.5 Å². The van der Waals surface area contributed by atoms with Crippen molar-refractivity contribution < 1.29 is 0 Å². The Morgan fingerprint density at radius 3 is 2.36 bits per heavy atom. The van der Waals surface area contributed by atoms with Crippen molar-refractivity contribution in [2.24, 2.45) is 10.8 Å². The molecule has 1 aliphatic rings. The van der Waals surface area contributed by atoms with Gasteiger partial charge in [0.05, 0.1) is 5.69 Å². The Balaban J connectivity index is 2.23. The second kappa shape index (κ2) is 7.75. The molecule has 0 heterocycles. The molecule has 0 atom stereocenters. The zero-order valence-electron chi connectivity index (χ0n) is 12.0. The molecule has 116 valence electrons. The highest BCUT2D eigenvalue weighted by Gasteiger charge is 2.18. The summed E-state index contributed by atoms with van der Waals surface area (Å²) in [6.07, 6.45) is 6.36. The molecule has 0 aromatic heterocycles. The zero-order chi connectivity index (χ0) is 16.1. The maximum absolute atomic E-state index is 8.86. The summed E-state index contributed by atoms with van der Waals surface area (Å²) < 4.78 is 1.74. The molecule has 0 amide bonds. The maximum atomic E-state index is 8.86. The number of anilines is 1. The summed E-state index contributed by atoms with van der Waals surface area (Å²) in [7, 11) is 0. The van der Waals surface area contributed by atoms with Gasteiger partial charge in [-0.15, -0.1) is 0 Å². The first-order chi connectivity index (χ1) is 10.5. The van der Waals surface area contributed by atoms with E-state index in [1.54, 1.807) is 6.07 Å². The summed E-state index contributed by atoms with van der Waals surface area (Å²) in [4.78, 5) is 0. The predicted octanol–water partition coefficient (Wildman–Crippen LogP) is 4.49. The molecule has 1 saturated carbocycles. The Morgan fingerprint density at radius 2 is 1.86 bits per heavy atom. The Bertz CT molecular complexity index is 619. The standard InChI is InChI=1S/C15H17Br2N5/c16-11-6-10(9-4-2-1-3-5-9)7-12(17)14(11)22-21-13(8-18)15(19)20/h6-7,9,22H,1-5H2,(H3,19,20)/b21-13+. The first-order valence-corrected chi connectivity index (χ1v) is 8.68. The highest BCUT2D eigenvalue weighted by molar-refractivity contribution is 9.11. The fourth-order valence-electron chi connectivity index (χ4n) is 2.63. The van der Waals surface area contributed by atoms with Gasteiger partial charge in [-0.3, -0.25) is 10.8 Å².